The number of hydrogen-bond acceptors (Lipinski definition) is 6. The maximum Gasteiger partial charge on any atom is 0.337 e. The topological polar surface area (TPSA) is 102 Å². The summed E-state index contributed by atoms with van der Waals surface area (Å²) in [7, 11) is -1.34. The molecule has 0 aliphatic heterocycles. The van der Waals surface area contributed by atoms with Crippen LogP contribution in [0.2, 0.25) is 0 Å². The summed E-state index contributed by atoms with van der Waals surface area (Å²) < 4.78 is 38.0. The highest BCUT2D eigenvalue weighted by Crippen LogP contribution is 2.27. The maximum atomic E-state index is 13.5. The lowest BCUT2D eigenvalue weighted by atomic mass is 10.1. The Hall–Kier alpha value is -3.85. The smallest absolute Gasteiger partial charge is 0.337 e. The van der Waals surface area contributed by atoms with Crippen LogP contribution in [0, 0.1) is 13.8 Å². The molecule has 0 aliphatic carbocycles. The van der Waals surface area contributed by atoms with Crippen LogP contribution in [0.4, 0.5) is 11.4 Å². The van der Waals surface area contributed by atoms with Crippen molar-refractivity contribution in [1.29, 1.82) is 0 Å². The van der Waals surface area contributed by atoms with E-state index in [2.05, 4.69) is 5.32 Å². The van der Waals surface area contributed by atoms with Gasteiger partial charge in [0.25, 0.3) is 10.0 Å². The van der Waals surface area contributed by atoms with Crippen molar-refractivity contribution in [3.8, 4) is 5.75 Å². The first-order valence-corrected chi connectivity index (χ1v) is 11.8. The molecular weight excluding hydrogens is 456 g/mol. The molecule has 8 nitrogen and oxygen atoms in total. The Morgan fingerprint density at radius 2 is 1.65 bits per heavy atom. The molecule has 0 aromatic heterocycles. The van der Waals surface area contributed by atoms with Gasteiger partial charge >= 0.3 is 5.97 Å². The summed E-state index contributed by atoms with van der Waals surface area (Å²) in [5.41, 5.74) is 2.53. The van der Waals surface area contributed by atoms with Gasteiger partial charge in [0.2, 0.25) is 5.91 Å². The highest BCUT2D eigenvalue weighted by molar-refractivity contribution is 7.92. The van der Waals surface area contributed by atoms with Gasteiger partial charge in [-0.3, -0.25) is 9.10 Å². The number of carbonyl (C=O) groups excluding carboxylic acids is 2. The second-order valence-corrected chi connectivity index (χ2v) is 9.46. The van der Waals surface area contributed by atoms with Gasteiger partial charge in [0.05, 0.1) is 30.4 Å². The Kier molecular flexibility index (Phi) is 7.57. The van der Waals surface area contributed by atoms with E-state index in [4.69, 9.17) is 9.47 Å². The predicted molar refractivity (Wildman–Crippen MR) is 130 cm³/mol. The SMILES string of the molecule is COC(=O)c1ccc(C)c(NC(=O)CN(c2cccc(OC)c2)S(=O)(=O)c2ccc(C)cc2)c1. The van der Waals surface area contributed by atoms with Crippen molar-refractivity contribution in [2.75, 3.05) is 30.4 Å². The standard InChI is InChI=1S/C25H26N2O6S/c1-17-8-12-22(13-9-17)34(30,31)27(20-6-5-7-21(15-20)32-3)16-24(28)26-23-14-19(25(29)33-4)11-10-18(23)2/h5-15H,16H2,1-4H3,(H,26,28). The number of ether oxygens (including phenoxy) is 2. The van der Waals surface area contributed by atoms with Gasteiger partial charge in [-0.2, -0.15) is 0 Å². The molecule has 0 saturated carbocycles. The average Bonchev–Trinajstić information content (AvgIpc) is 2.83. The van der Waals surface area contributed by atoms with E-state index in [1.54, 1.807) is 55.5 Å². The molecule has 178 valence electrons. The molecule has 9 heteroatoms. The number of nitrogens with one attached hydrogen (secondary N) is 1. The highest BCUT2D eigenvalue weighted by atomic mass is 32.2. The van der Waals surface area contributed by atoms with Crippen molar-refractivity contribution in [2.24, 2.45) is 0 Å². The number of carbonyl (C=O) groups is 2. The Morgan fingerprint density at radius 3 is 2.29 bits per heavy atom. The lowest BCUT2D eigenvalue weighted by Gasteiger charge is -2.24. The molecule has 3 aromatic carbocycles. The van der Waals surface area contributed by atoms with Crippen molar-refractivity contribution >= 4 is 33.3 Å². The zero-order chi connectivity index (χ0) is 24.9. The molecule has 1 N–H and O–H groups in total. The highest BCUT2D eigenvalue weighted by Gasteiger charge is 2.28. The minimum atomic E-state index is -4.08. The number of nitrogens with zero attached hydrogens (tertiary/aromatic N) is 1. The summed E-state index contributed by atoms with van der Waals surface area (Å²) >= 11 is 0. The van der Waals surface area contributed by atoms with E-state index in [-0.39, 0.29) is 16.1 Å². The lowest BCUT2D eigenvalue weighted by Crippen LogP contribution is -2.38. The van der Waals surface area contributed by atoms with Gasteiger partial charge in [0, 0.05) is 11.8 Å². The molecule has 0 heterocycles. The van der Waals surface area contributed by atoms with Crippen molar-refractivity contribution < 1.29 is 27.5 Å². The van der Waals surface area contributed by atoms with E-state index >= 15 is 0 Å². The van der Waals surface area contributed by atoms with Crippen LogP contribution >= 0.6 is 0 Å². The van der Waals surface area contributed by atoms with Crippen LogP contribution in [-0.4, -0.2) is 41.1 Å². The molecule has 0 bridgehead atoms. The molecule has 0 atom stereocenters. The van der Waals surface area contributed by atoms with Gasteiger partial charge in [-0.25, -0.2) is 13.2 Å². The van der Waals surface area contributed by atoms with Gasteiger partial charge < -0.3 is 14.8 Å². The average molecular weight is 483 g/mol. The van der Waals surface area contributed by atoms with Crippen LogP contribution in [0.5, 0.6) is 5.75 Å². The summed E-state index contributed by atoms with van der Waals surface area (Å²) in [6.45, 7) is 3.12. The molecule has 1 amide bonds. The fourth-order valence-electron chi connectivity index (χ4n) is 3.24. The number of esters is 1. The minimum Gasteiger partial charge on any atom is -0.497 e. The Morgan fingerprint density at radius 1 is 0.941 bits per heavy atom. The van der Waals surface area contributed by atoms with E-state index in [1.165, 1.54) is 32.4 Å². The number of anilines is 2. The third-order valence-electron chi connectivity index (χ3n) is 5.17. The number of sulfonamides is 1. The summed E-state index contributed by atoms with van der Waals surface area (Å²) in [5.74, 6) is -0.678. The molecule has 0 aliphatic rings. The molecule has 3 aromatic rings. The Labute approximate surface area is 199 Å². The van der Waals surface area contributed by atoms with Crippen LogP contribution in [0.15, 0.2) is 71.6 Å². The van der Waals surface area contributed by atoms with Crippen LogP contribution in [-0.2, 0) is 19.6 Å². The second-order valence-electron chi connectivity index (χ2n) is 7.60. The molecule has 0 saturated heterocycles. The molecule has 34 heavy (non-hydrogen) atoms. The lowest BCUT2D eigenvalue weighted by molar-refractivity contribution is -0.114. The third kappa shape index (κ3) is 5.55. The van der Waals surface area contributed by atoms with Crippen LogP contribution < -0.4 is 14.4 Å². The van der Waals surface area contributed by atoms with Crippen molar-refractivity contribution in [1.82, 2.24) is 0 Å². The summed E-state index contributed by atoms with van der Waals surface area (Å²) in [6, 6.07) is 17.6. The first-order valence-electron chi connectivity index (χ1n) is 10.4. The number of rotatable bonds is 8. The molecular formula is C25H26N2O6S. The van der Waals surface area contributed by atoms with Gasteiger partial charge in [-0.1, -0.05) is 29.8 Å². The second kappa shape index (κ2) is 10.4. The normalized spacial score (nSPS) is 10.9. The van der Waals surface area contributed by atoms with Gasteiger partial charge in [-0.05, 0) is 55.8 Å². The summed E-state index contributed by atoms with van der Waals surface area (Å²) in [4.78, 5) is 24.9. The van der Waals surface area contributed by atoms with Gasteiger partial charge in [-0.15, -0.1) is 0 Å². The number of benzene rings is 3. The number of amides is 1. The zero-order valence-electron chi connectivity index (χ0n) is 19.4. The van der Waals surface area contributed by atoms with E-state index in [9.17, 15) is 18.0 Å². The molecule has 0 fully saturated rings. The molecule has 0 spiro atoms. The monoisotopic (exact) mass is 482 g/mol. The number of methoxy groups -OCH3 is 2. The molecule has 3 rings (SSSR count). The maximum absolute atomic E-state index is 13.5. The number of aryl methyl sites for hydroxylation is 2. The molecule has 0 unspecified atom stereocenters. The molecule has 0 radical (unpaired) electrons. The fraction of sp³-hybridized carbons (Fsp3) is 0.200. The van der Waals surface area contributed by atoms with E-state index < -0.39 is 28.4 Å². The van der Waals surface area contributed by atoms with Crippen LogP contribution in [0.3, 0.4) is 0 Å². The van der Waals surface area contributed by atoms with E-state index in [0.29, 0.717) is 17.0 Å². The first-order chi connectivity index (χ1) is 16.1. The Balaban J connectivity index is 1.97. The Bertz CT molecular complexity index is 1300. The fourth-order valence-corrected chi connectivity index (χ4v) is 4.65. The van der Waals surface area contributed by atoms with Crippen molar-refractivity contribution in [3.63, 3.8) is 0 Å². The quantitative estimate of drug-likeness (QED) is 0.488. The zero-order valence-corrected chi connectivity index (χ0v) is 20.2. The summed E-state index contributed by atoms with van der Waals surface area (Å²) in [6.07, 6.45) is 0. The van der Waals surface area contributed by atoms with E-state index in [1.807, 2.05) is 6.92 Å². The first kappa shape index (κ1) is 24.8. The van der Waals surface area contributed by atoms with Crippen LogP contribution in [0.25, 0.3) is 0 Å². The largest absolute Gasteiger partial charge is 0.497 e. The van der Waals surface area contributed by atoms with Crippen LogP contribution in [0.1, 0.15) is 21.5 Å². The third-order valence-corrected chi connectivity index (χ3v) is 6.96. The predicted octanol–water partition coefficient (Wildman–Crippen LogP) is 3.93. The van der Waals surface area contributed by atoms with Gasteiger partial charge in [0.15, 0.2) is 0 Å². The van der Waals surface area contributed by atoms with E-state index in [0.717, 1.165) is 9.87 Å². The minimum absolute atomic E-state index is 0.0533. The van der Waals surface area contributed by atoms with Crippen molar-refractivity contribution in [2.45, 2.75) is 18.7 Å². The van der Waals surface area contributed by atoms with Crippen molar-refractivity contribution in [3.05, 3.63) is 83.4 Å². The van der Waals surface area contributed by atoms with Gasteiger partial charge in [0.1, 0.15) is 12.3 Å². The number of hydrogen-bond donors (Lipinski definition) is 1. The summed E-state index contributed by atoms with van der Waals surface area (Å²) in [5, 5.41) is 2.71.